The predicted octanol–water partition coefficient (Wildman–Crippen LogP) is 4.04. The first kappa shape index (κ1) is 25.9. The fourth-order valence-electron chi connectivity index (χ4n) is 5.75. The van der Waals surface area contributed by atoms with Crippen LogP contribution in [-0.2, 0) is 16.0 Å². The van der Waals surface area contributed by atoms with Gasteiger partial charge in [-0.1, -0.05) is 18.2 Å². The van der Waals surface area contributed by atoms with Crippen LogP contribution in [0.1, 0.15) is 53.6 Å². The first-order valence-electron chi connectivity index (χ1n) is 13.5. The normalized spacial score (nSPS) is 18.2. The molecule has 3 aliphatic heterocycles. The average molecular weight is 520 g/mol. The molecule has 2 fully saturated rings. The summed E-state index contributed by atoms with van der Waals surface area (Å²) < 4.78 is 13.2. The van der Waals surface area contributed by atoms with Crippen molar-refractivity contribution < 1.29 is 23.9 Å². The number of hydrogen-bond acceptors (Lipinski definition) is 5. The number of likely N-dealkylation sites (N-methyl/N-ethyl adjacent to an activating group) is 1. The van der Waals surface area contributed by atoms with E-state index in [1.165, 1.54) is 18.2 Å². The molecule has 0 bridgehead atoms. The number of ketones is 1. The molecule has 2 amide bonds. The molecule has 3 aliphatic rings. The van der Waals surface area contributed by atoms with E-state index in [9.17, 15) is 23.9 Å². The smallest absolute Gasteiger partial charge is 0.294 e. The largest absolute Gasteiger partial charge is 0.507 e. The van der Waals surface area contributed by atoms with Gasteiger partial charge in [-0.25, -0.2) is 4.39 Å². The van der Waals surface area contributed by atoms with Crippen LogP contribution in [0.25, 0.3) is 5.57 Å². The number of phenols is 1. The summed E-state index contributed by atoms with van der Waals surface area (Å²) in [7, 11) is 1.84. The summed E-state index contributed by atoms with van der Waals surface area (Å²) in [6, 6.07) is 9.64. The number of rotatable bonds is 5. The summed E-state index contributed by atoms with van der Waals surface area (Å²) in [6.45, 7) is 2.70. The van der Waals surface area contributed by atoms with Crippen LogP contribution in [-0.4, -0.2) is 72.3 Å². The van der Waals surface area contributed by atoms with Gasteiger partial charge in [0.2, 0.25) is 0 Å². The van der Waals surface area contributed by atoms with E-state index in [4.69, 9.17) is 0 Å². The zero-order valence-corrected chi connectivity index (χ0v) is 21.8. The number of amides is 2. The van der Waals surface area contributed by atoms with Gasteiger partial charge in [-0.2, -0.15) is 0 Å². The van der Waals surface area contributed by atoms with E-state index in [2.05, 4.69) is 0 Å². The first-order chi connectivity index (χ1) is 18.3. The van der Waals surface area contributed by atoms with E-state index < -0.39 is 11.7 Å². The van der Waals surface area contributed by atoms with Crippen molar-refractivity contribution in [1.29, 1.82) is 0 Å². The lowest BCUT2D eigenvalue weighted by atomic mass is 9.89. The van der Waals surface area contributed by atoms with Crippen molar-refractivity contribution in [2.45, 2.75) is 38.5 Å². The van der Waals surface area contributed by atoms with E-state index >= 15 is 0 Å². The van der Waals surface area contributed by atoms with Gasteiger partial charge in [-0.3, -0.25) is 14.4 Å². The standard InChI is InChI=1S/C30H34FN3O4/c1-32-14-11-23(28(36)30(38)33-12-3-2-4-13-33)24-18-25(27(35)19-26(24)32)29(37)34-15-9-21(10-16-34)17-20-5-7-22(31)8-6-20/h5-8,11,18-19,21,35H,2-4,9-10,12-17H2,1H3. The first-order valence-corrected chi connectivity index (χ1v) is 13.5. The molecule has 2 saturated heterocycles. The average Bonchev–Trinajstić information content (AvgIpc) is 2.94. The summed E-state index contributed by atoms with van der Waals surface area (Å²) in [5.74, 6) is -1.34. The minimum atomic E-state index is -0.563. The number of phenolic OH excluding ortho intramolecular Hbond substituents is 1. The van der Waals surface area contributed by atoms with Crippen molar-refractivity contribution in [2.75, 3.05) is 44.7 Å². The molecule has 2 aromatic rings. The van der Waals surface area contributed by atoms with Crippen LogP contribution < -0.4 is 4.90 Å². The van der Waals surface area contributed by atoms with Crippen molar-refractivity contribution in [3.8, 4) is 5.75 Å². The monoisotopic (exact) mass is 519 g/mol. The molecule has 0 atom stereocenters. The lowest BCUT2D eigenvalue weighted by Crippen LogP contribution is -2.41. The quantitative estimate of drug-likeness (QED) is 0.603. The Morgan fingerprint density at radius 1 is 0.947 bits per heavy atom. The van der Waals surface area contributed by atoms with Gasteiger partial charge in [0.15, 0.2) is 0 Å². The van der Waals surface area contributed by atoms with Gasteiger partial charge < -0.3 is 19.8 Å². The molecule has 2 aromatic carbocycles. The van der Waals surface area contributed by atoms with E-state index in [0.29, 0.717) is 55.5 Å². The summed E-state index contributed by atoms with van der Waals surface area (Å²) in [4.78, 5) is 45.0. The van der Waals surface area contributed by atoms with Gasteiger partial charge in [0.25, 0.3) is 17.6 Å². The van der Waals surface area contributed by atoms with Gasteiger partial charge in [0.1, 0.15) is 11.6 Å². The van der Waals surface area contributed by atoms with Gasteiger partial charge in [-0.15, -0.1) is 0 Å². The Labute approximate surface area is 222 Å². The molecule has 38 heavy (non-hydrogen) atoms. The number of piperidine rings is 2. The Morgan fingerprint density at radius 3 is 2.32 bits per heavy atom. The SMILES string of the molecule is CN1CC=C(C(=O)C(=O)N2CCCCC2)c2cc(C(=O)N3CCC(Cc4ccc(F)cc4)CC3)c(O)cc21. The highest BCUT2D eigenvalue weighted by molar-refractivity contribution is 6.53. The third kappa shape index (κ3) is 5.30. The number of carbonyl (C=O) groups is 3. The number of carbonyl (C=O) groups excluding carboxylic acids is 3. The van der Waals surface area contributed by atoms with E-state index in [1.807, 2.05) is 11.9 Å². The highest BCUT2D eigenvalue weighted by Gasteiger charge is 2.33. The maximum atomic E-state index is 13.5. The molecule has 3 heterocycles. The summed E-state index contributed by atoms with van der Waals surface area (Å²) in [5.41, 5.74) is 2.63. The number of fused-ring (bicyclic) bond motifs is 1. The number of benzene rings is 2. The second kappa shape index (κ2) is 11.0. The van der Waals surface area contributed by atoms with Crippen LogP contribution in [0, 0.1) is 11.7 Å². The second-order valence-electron chi connectivity index (χ2n) is 10.6. The third-order valence-electron chi connectivity index (χ3n) is 8.04. The van der Waals surface area contributed by atoms with Crippen LogP contribution in [0.15, 0.2) is 42.5 Å². The van der Waals surface area contributed by atoms with Crippen LogP contribution in [0.2, 0.25) is 0 Å². The van der Waals surface area contributed by atoms with Crippen LogP contribution in [0.5, 0.6) is 5.75 Å². The predicted molar refractivity (Wildman–Crippen MR) is 144 cm³/mol. The molecule has 0 radical (unpaired) electrons. The Morgan fingerprint density at radius 2 is 1.63 bits per heavy atom. The summed E-state index contributed by atoms with van der Waals surface area (Å²) in [6.07, 6.45) is 7.04. The Kier molecular flexibility index (Phi) is 7.49. The highest BCUT2D eigenvalue weighted by atomic mass is 19.1. The number of likely N-dealkylation sites (tertiary alicyclic amines) is 2. The number of anilines is 1. The maximum Gasteiger partial charge on any atom is 0.294 e. The molecule has 7 nitrogen and oxygen atoms in total. The summed E-state index contributed by atoms with van der Waals surface area (Å²) in [5, 5.41) is 10.8. The highest BCUT2D eigenvalue weighted by Crippen LogP contribution is 2.37. The molecule has 1 N–H and O–H groups in total. The van der Waals surface area contributed by atoms with Crippen LogP contribution in [0.4, 0.5) is 10.1 Å². The number of aromatic hydroxyl groups is 1. The van der Waals surface area contributed by atoms with Crippen molar-refractivity contribution in [2.24, 2.45) is 5.92 Å². The van der Waals surface area contributed by atoms with Crippen molar-refractivity contribution in [1.82, 2.24) is 9.80 Å². The number of hydrogen-bond donors (Lipinski definition) is 1. The molecule has 5 rings (SSSR count). The molecule has 200 valence electrons. The fraction of sp³-hybridized carbons (Fsp3) is 0.433. The molecular formula is C30H34FN3O4. The maximum absolute atomic E-state index is 13.5. The van der Waals surface area contributed by atoms with Crippen molar-refractivity contribution >= 4 is 28.9 Å². The Balaban J connectivity index is 1.31. The number of halogens is 1. The molecule has 8 heteroatoms. The topological polar surface area (TPSA) is 81.2 Å². The van der Waals surface area contributed by atoms with Crippen molar-refractivity contribution in [3.05, 3.63) is 65.0 Å². The van der Waals surface area contributed by atoms with E-state index in [-0.39, 0.29) is 23.0 Å². The zero-order valence-electron chi connectivity index (χ0n) is 21.8. The van der Waals surface area contributed by atoms with Gasteiger partial charge in [0, 0.05) is 62.7 Å². The van der Waals surface area contributed by atoms with E-state index in [0.717, 1.165) is 44.1 Å². The fourth-order valence-corrected chi connectivity index (χ4v) is 5.75. The number of Topliss-reactive ketones (excluding diaryl/α,β-unsaturated/α-hetero) is 1. The minimum absolute atomic E-state index is 0.134. The molecule has 0 unspecified atom stereocenters. The zero-order chi connectivity index (χ0) is 26.8. The Bertz CT molecular complexity index is 1260. The second-order valence-corrected chi connectivity index (χ2v) is 10.6. The minimum Gasteiger partial charge on any atom is -0.507 e. The Hall–Kier alpha value is -3.68. The molecular weight excluding hydrogens is 485 g/mol. The van der Waals surface area contributed by atoms with Gasteiger partial charge in [0.05, 0.1) is 5.56 Å². The molecule has 0 aliphatic carbocycles. The third-order valence-corrected chi connectivity index (χ3v) is 8.04. The lowest BCUT2D eigenvalue weighted by Gasteiger charge is -2.33. The van der Waals surface area contributed by atoms with E-state index in [1.54, 1.807) is 34.1 Å². The molecule has 0 saturated carbocycles. The number of nitrogens with zero attached hydrogens (tertiary/aromatic N) is 3. The lowest BCUT2D eigenvalue weighted by molar-refractivity contribution is -0.142. The van der Waals surface area contributed by atoms with Crippen LogP contribution >= 0.6 is 0 Å². The van der Waals surface area contributed by atoms with Gasteiger partial charge in [-0.05, 0) is 68.2 Å². The van der Waals surface area contributed by atoms with Gasteiger partial charge >= 0.3 is 0 Å². The summed E-state index contributed by atoms with van der Waals surface area (Å²) >= 11 is 0. The molecule has 0 spiro atoms. The van der Waals surface area contributed by atoms with Crippen molar-refractivity contribution in [3.63, 3.8) is 0 Å². The molecule has 0 aromatic heterocycles. The van der Waals surface area contributed by atoms with Crippen LogP contribution in [0.3, 0.4) is 0 Å².